The number of thioether (sulfide) groups is 1. The summed E-state index contributed by atoms with van der Waals surface area (Å²) in [4.78, 5) is 24.9. The number of hydrogen-bond donors (Lipinski definition) is 2. The zero-order chi connectivity index (χ0) is 19.2. The number of hydrogen-bond acceptors (Lipinski definition) is 3. The van der Waals surface area contributed by atoms with E-state index in [1.54, 1.807) is 12.1 Å². The molecular formula is C19H15F3N2O2S. The smallest absolute Gasteiger partial charge is 0.326 e. The van der Waals surface area contributed by atoms with Crippen molar-refractivity contribution in [3.05, 3.63) is 53.6 Å². The van der Waals surface area contributed by atoms with Crippen LogP contribution in [0.1, 0.15) is 23.5 Å². The van der Waals surface area contributed by atoms with E-state index >= 15 is 0 Å². The summed E-state index contributed by atoms with van der Waals surface area (Å²) in [6.07, 6.45) is -3.76. The normalized spacial score (nSPS) is 21.2. The Labute approximate surface area is 157 Å². The van der Waals surface area contributed by atoms with Gasteiger partial charge in [-0.3, -0.25) is 9.59 Å². The summed E-state index contributed by atoms with van der Waals surface area (Å²) in [6.45, 7) is 0. The van der Waals surface area contributed by atoms with Crippen molar-refractivity contribution in [2.45, 2.75) is 23.4 Å². The molecule has 2 aromatic carbocycles. The molecule has 2 N–H and O–H groups in total. The number of halogens is 3. The van der Waals surface area contributed by atoms with Crippen molar-refractivity contribution in [1.82, 2.24) is 0 Å². The highest BCUT2D eigenvalue weighted by molar-refractivity contribution is 8.00. The molecule has 0 aromatic heterocycles. The van der Waals surface area contributed by atoms with E-state index in [-0.39, 0.29) is 23.7 Å². The highest BCUT2D eigenvalue weighted by Crippen LogP contribution is 2.48. The molecule has 4 nitrogen and oxygen atoms in total. The van der Waals surface area contributed by atoms with Crippen LogP contribution >= 0.6 is 11.8 Å². The topological polar surface area (TPSA) is 58.2 Å². The average Bonchev–Trinajstić information content (AvgIpc) is 3.41. The van der Waals surface area contributed by atoms with E-state index in [0.717, 1.165) is 22.6 Å². The van der Waals surface area contributed by atoms with Crippen molar-refractivity contribution in [2.24, 2.45) is 5.92 Å². The first-order chi connectivity index (χ1) is 12.8. The van der Waals surface area contributed by atoms with E-state index in [1.807, 2.05) is 6.07 Å². The fraction of sp³-hybridized carbons (Fsp3) is 0.263. The first kappa shape index (κ1) is 17.9. The fourth-order valence-electron chi connectivity index (χ4n) is 3.17. The van der Waals surface area contributed by atoms with Crippen molar-refractivity contribution < 1.29 is 22.8 Å². The molecular weight excluding hydrogens is 377 g/mol. The third-order valence-corrected chi connectivity index (χ3v) is 5.75. The van der Waals surface area contributed by atoms with Crippen molar-refractivity contribution >= 4 is 35.0 Å². The lowest BCUT2D eigenvalue weighted by atomic mass is 10.1. The minimum Gasteiger partial charge on any atom is -0.326 e. The Kier molecular flexibility index (Phi) is 4.38. The maximum atomic E-state index is 12.6. The quantitative estimate of drug-likeness (QED) is 0.809. The predicted molar refractivity (Wildman–Crippen MR) is 96.7 cm³/mol. The minimum absolute atomic E-state index is 0.0693. The number of amides is 2. The van der Waals surface area contributed by atoms with Gasteiger partial charge in [-0.1, -0.05) is 12.1 Å². The Morgan fingerprint density at radius 2 is 1.89 bits per heavy atom. The summed E-state index contributed by atoms with van der Waals surface area (Å²) in [5.41, 5.74) is 1.29. The second-order valence-corrected chi connectivity index (χ2v) is 7.62. The number of rotatable bonds is 3. The number of carbonyl (C=O) groups excluding carboxylic acids is 2. The Morgan fingerprint density at radius 1 is 1.15 bits per heavy atom. The average molecular weight is 392 g/mol. The van der Waals surface area contributed by atoms with Gasteiger partial charge in [0.15, 0.2) is 0 Å². The van der Waals surface area contributed by atoms with Gasteiger partial charge in [0.05, 0.1) is 17.0 Å². The van der Waals surface area contributed by atoms with E-state index in [1.165, 1.54) is 23.9 Å². The van der Waals surface area contributed by atoms with E-state index in [0.29, 0.717) is 23.5 Å². The predicted octanol–water partition coefficient (Wildman–Crippen LogP) is 4.49. The van der Waals surface area contributed by atoms with E-state index in [9.17, 15) is 22.8 Å². The second-order valence-electron chi connectivity index (χ2n) is 6.61. The molecule has 0 radical (unpaired) electrons. The summed E-state index contributed by atoms with van der Waals surface area (Å²) in [7, 11) is 0. The molecule has 1 aliphatic carbocycles. The molecule has 1 aliphatic heterocycles. The van der Waals surface area contributed by atoms with Gasteiger partial charge < -0.3 is 10.6 Å². The number of nitrogens with one attached hydrogen (secondary N) is 2. The summed E-state index contributed by atoms with van der Waals surface area (Å²) >= 11 is 1.44. The van der Waals surface area contributed by atoms with E-state index in [2.05, 4.69) is 10.6 Å². The molecule has 1 fully saturated rings. The van der Waals surface area contributed by atoms with Gasteiger partial charge in [0.2, 0.25) is 11.8 Å². The van der Waals surface area contributed by atoms with Gasteiger partial charge in [0.1, 0.15) is 0 Å². The van der Waals surface area contributed by atoms with Crippen molar-refractivity contribution in [3.63, 3.8) is 0 Å². The fourth-order valence-corrected chi connectivity index (χ4v) is 3.96. The molecule has 27 heavy (non-hydrogen) atoms. The first-order valence-corrected chi connectivity index (χ1v) is 9.34. The standard InChI is InChI=1S/C19H15F3N2O2S/c20-19(21,22)11-3-1-10(2-4-11)13-8-14(13)18(26)23-12-5-6-16-15(7-12)24-17(25)9-27-16/h1-7,13-14H,8-9H2,(H,23,26)(H,24,25). The molecule has 0 saturated heterocycles. The third kappa shape index (κ3) is 3.80. The SMILES string of the molecule is O=C1CSc2ccc(NC(=O)C3CC3c3ccc(C(F)(F)F)cc3)cc2N1. The molecule has 0 bridgehead atoms. The monoisotopic (exact) mass is 392 g/mol. The van der Waals surface area contributed by atoms with Crippen molar-refractivity contribution in [1.29, 1.82) is 0 Å². The van der Waals surface area contributed by atoms with E-state index < -0.39 is 11.7 Å². The van der Waals surface area contributed by atoms with Crippen LogP contribution in [0.4, 0.5) is 24.5 Å². The van der Waals surface area contributed by atoms with Crippen LogP contribution in [0.5, 0.6) is 0 Å². The molecule has 2 amide bonds. The third-order valence-electron chi connectivity index (χ3n) is 4.67. The van der Waals surface area contributed by atoms with Crippen LogP contribution in [-0.4, -0.2) is 17.6 Å². The summed E-state index contributed by atoms with van der Waals surface area (Å²) in [5.74, 6) is -0.215. The van der Waals surface area contributed by atoms with Crippen molar-refractivity contribution in [3.8, 4) is 0 Å². The van der Waals surface area contributed by atoms with Gasteiger partial charge in [0.25, 0.3) is 0 Å². The van der Waals surface area contributed by atoms with Crippen LogP contribution in [0, 0.1) is 5.92 Å². The lowest BCUT2D eigenvalue weighted by molar-refractivity contribution is -0.137. The first-order valence-electron chi connectivity index (χ1n) is 8.36. The molecule has 2 unspecified atom stereocenters. The van der Waals surface area contributed by atoms with Gasteiger partial charge in [-0.15, -0.1) is 11.8 Å². The van der Waals surface area contributed by atoms with Crippen molar-refractivity contribution in [2.75, 3.05) is 16.4 Å². The van der Waals surface area contributed by atoms with Gasteiger partial charge >= 0.3 is 6.18 Å². The number of benzene rings is 2. The van der Waals surface area contributed by atoms with Crippen LogP contribution < -0.4 is 10.6 Å². The molecule has 1 saturated carbocycles. The molecule has 2 aromatic rings. The highest BCUT2D eigenvalue weighted by atomic mass is 32.2. The number of carbonyl (C=O) groups is 2. The molecule has 0 spiro atoms. The molecule has 2 atom stereocenters. The Bertz CT molecular complexity index is 912. The van der Waals surface area contributed by atoms with E-state index in [4.69, 9.17) is 0 Å². The highest BCUT2D eigenvalue weighted by Gasteiger charge is 2.44. The lowest BCUT2D eigenvalue weighted by Crippen LogP contribution is -2.19. The Hall–Kier alpha value is -2.48. The second kappa shape index (κ2) is 6.60. The van der Waals surface area contributed by atoms with Gasteiger partial charge in [0, 0.05) is 16.5 Å². The minimum atomic E-state index is -4.36. The number of alkyl halides is 3. The van der Waals surface area contributed by atoms with Crippen LogP contribution in [0.2, 0.25) is 0 Å². The summed E-state index contributed by atoms with van der Waals surface area (Å²) in [6, 6.07) is 10.3. The van der Waals surface area contributed by atoms with Gasteiger partial charge in [-0.05, 0) is 48.2 Å². The van der Waals surface area contributed by atoms with Crippen LogP contribution in [-0.2, 0) is 15.8 Å². The van der Waals surface area contributed by atoms with Crippen LogP contribution in [0.25, 0.3) is 0 Å². The number of fused-ring (bicyclic) bond motifs is 1. The maximum Gasteiger partial charge on any atom is 0.416 e. The van der Waals surface area contributed by atoms with Gasteiger partial charge in [-0.25, -0.2) is 0 Å². The lowest BCUT2D eigenvalue weighted by Gasteiger charge is -2.17. The van der Waals surface area contributed by atoms with Crippen LogP contribution in [0.15, 0.2) is 47.4 Å². The van der Waals surface area contributed by atoms with Crippen LogP contribution in [0.3, 0.4) is 0 Å². The molecule has 8 heteroatoms. The summed E-state index contributed by atoms with van der Waals surface area (Å²) in [5, 5.41) is 5.59. The largest absolute Gasteiger partial charge is 0.416 e. The number of anilines is 2. The molecule has 140 valence electrons. The Balaban J connectivity index is 1.40. The zero-order valence-corrected chi connectivity index (χ0v) is 14.8. The van der Waals surface area contributed by atoms with Gasteiger partial charge in [-0.2, -0.15) is 13.2 Å². The molecule has 4 rings (SSSR count). The molecule has 2 aliphatic rings. The molecule has 1 heterocycles. The summed E-state index contributed by atoms with van der Waals surface area (Å²) < 4.78 is 37.9. The Morgan fingerprint density at radius 3 is 2.59 bits per heavy atom. The zero-order valence-electron chi connectivity index (χ0n) is 14.0. The maximum absolute atomic E-state index is 12.6.